The number of anilines is 1. The van der Waals surface area contributed by atoms with Gasteiger partial charge >= 0.3 is 10.2 Å². The number of hydrogen-bond acceptors (Lipinski definition) is 3. The summed E-state index contributed by atoms with van der Waals surface area (Å²) in [6.07, 6.45) is 2.32. The van der Waals surface area contributed by atoms with Crippen LogP contribution in [0.3, 0.4) is 0 Å². The molecule has 0 atom stereocenters. The molecule has 1 aromatic rings. The Kier molecular flexibility index (Phi) is 4.45. The quantitative estimate of drug-likeness (QED) is 0.844. The van der Waals surface area contributed by atoms with Crippen molar-refractivity contribution in [1.82, 2.24) is 4.72 Å². The molecule has 0 radical (unpaired) electrons. The van der Waals surface area contributed by atoms with Crippen LogP contribution in [0, 0.1) is 0 Å². The minimum absolute atomic E-state index is 0.00288. The van der Waals surface area contributed by atoms with Crippen LogP contribution in [0.1, 0.15) is 42.6 Å². The van der Waals surface area contributed by atoms with Crippen LogP contribution in [0.4, 0.5) is 5.69 Å². The normalized spacial score (nSPS) is 15.0. The number of Topliss-reactive ketones (excluding diaryl/α,β-unsaturated/α-hetero) is 1. The minimum atomic E-state index is -3.49. The second-order valence-corrected chi connectivity index (χ2v) is 6.65. The highest BCUT2D eigenvalue weighted by molar-refractivity contribution is 7.90. The summed E-state index contributed by atoms with van der Waals surface area (Å²) in [7, 11) is -3.49. The van der Waals surface area contributed by atoms with Gasteiger partial charge in [0.25, 0.3) is 0 Å². The number of ketones is 1. The lowest BCUT2D eigenvalue weighted by molar-refractivity contribution is 0.101. The monoisotopic (exact) mass is 296 g/mol. The molecule has 2 rings (SSSR count). The number of carbonyl (C=O) groups excluding carboxylic acids is 1. The fraction of sp³-hybridized carbons (Fsp3) is 0.500. The summed E-state index contributed by atoms with van der Waals surface area (Å²) in [6.45, 7) is 4.35. The molecule has 6 heteroatoms. The van der Waals surface area contributed by atoms with E-state index in [1.54, 1.807) is 18.2 Å². The SMILES string of the molecule is CCCNS(=O)(=O)N1CCCc2cc(C(C)=O)ccc21. The van der Waals surface area contributed by atoms with Crippen LogP contribution in [-0.2, 0) is 16.6 Å². The van der Waals surface area contributed by atoms with Crippen LogP contribution in [0.25, 0.3) is 0 Å². The van der Waals surface area contributed by atoms with Crippen LogP contribution in [-0.4, -0.2) is 27.3 Å². The molecule has 0 amide bonds. The van der Waals surface area contributed by atoms with E-state index < -0.39 is 10.2 Å². The van der Waals surface area contributed by atoms with Crippen LogP contribution < -0.4 is 9.03 Å². The van der Waals surface area contributed by atoms with Gasteiger partial charge in [-0.05, 0) is 49.9 Å². The Morgan fingerprint density at radius 1 is 1.40 bits per heavy atom. The first-order valence-corrected chi connectivity index (χ1v) is 8.31. The molecule has 0 aromatic heterocycles. The fourth-order valence-electron chi connectivity index (χ4n) is 2.34. The number of aryl methyl sites for hydroxylation is 1. The van der Waals surface area contributed by atoms with Gasteiger partial charge in [0.2, 0.25) is 0 Å². The zero-order chi connectivity index (χ0) is 14.8. The maximum absolute atomic E-state index is 12.3. The van der Waals surface area contributed by atoms with Crippen LogP contribution in [0.2, 0.25) is 0 Å². The zero-order valence-electron chi connectivity index (χ0n) is 11.8. The standard InChI is InChI=1S/C14H20N2O3S/c1-3-8-15-20(18,19)16-9-4-5-13-10-12(11(2)17)6-7-14(13)16/h6-7,10,15H,3-5,8-9H2,1-2H3. The van der Waals surface area contributed by atoms with E-state index in [0.29, 0.717) is 24.3 Å². The molecule has 1 heterocycles. The van der Waals surface area contributed by atoms with E-state index in [0.717, 1.165) is 24.8 Å². The van der Waals surface area contributed by atoms with Gasteiger partial charge in [-0.25, -0.2) is 0 Å². The van der Waals surface area contributed by atoms with Crippen molar-refractivity contribution in [2.75, 3.05) is 17.4 Å². The van der Waals surface area contributed by atoms with Gasteiger partial charge in [-0.2, -0.15) is 13.1 Å². The molecule has 0 spiro atoms. The first-order chi connectivity index (χ1) is 9.45. The molecule has 0 bridgehead atoms. The van der Waals surface area contributed by atoms with Crippen molar-refractivity contribution < 1.29 is 13.2 Å². The van der Waals surface area contributed by atoms with Crippen molar-refractivity contribution in [3.05, 3.63) is 29.3 Å². The van der Waals surface area contributed by atoms with E-state index in [4.69, 9.17) is 0 Å². The van der Waals surface area contributed by atoms with E-state index in [2.05, 4.69) is 4.72 Å². The lowest BCUT2D eigenvalue weighted by Crippen LogP contribution is -2.43. The Bertz CT molecular complexity index is 611. The maximum atomic E-state index is 12.3. The molecule has 0 aliphatic carbocycles. The summed E-state index contributed by atoms with van der Waals surface area (Å²) in [5.41, 5.74) is 2.24. The van der Waals surface area contributed by atoms with Crippen molar-refractivity contribution in [2.24, 2.45) is 0 Å². The highest BCUT2D eigenvalue weighted by Gasteiger charge is 2.27. The Morgan fingerprint density at radius 3 is 2.80 bits per heavy atom. The van der Waals surface area contributed by atoms with Gasteiger partial charge in [0.1, 0.15) is 0 Å². The molecule has 20 heavy (non-hydrogen) atoms. The fourth-order valence-corrected chi connectivity index (χ4v) is 3.76. The van der Waals surface area contributed by atoms with Crippen molar-refractivity contribution in [1.29, 1.82) is 0 Å². The highest BCUT2D eigenvalue weighted by atomic mass is 32.2. The second-order valence-electron chi connectivity index (χ2n) is 4.97. The predicted octanol–water partition coefficient (Wildman–Crippen LogP) is 1.89. The number of carbonyl (C=O) groups is 1. The highest BCUT2D eigenvalue weighted by Crippen LogP contribution is 2.29. The largest absolute Gasteiger partial charge is 0.301 e. The lowest BCUT2D eigenvalue weighted by atomic mass is 9.99. The Balaban J connectivity index is 2.36. The molecule has 1 N–H and O–H groups in total. The van der Waals surface area contributed by atoms with Gasteiger partial charge in [0, 0.05) is 18.7 Å². The number of hydrogen-bond donors (Lipinski definition) is 1. The molecular formula is C14H20N2O3S. The molecule has 1 aliphatic heterocycles. The van der Waals surface area contributed by atoms with Crippen LogP contribution in [0.5, 0.6) is 0 Å². The minimum Gasteiger partial charge on any atom is -0.295 e. The molecular weight excluding hydrogens is 276 g/mol. The molecule has 1 aromatic carbocycles. The summed E-state index contributed by atoms with van der Waals surface area (Å²) in [5.74, 6) is -0.00288. The third-order valence-electron chi connectivity index (χ3n) is 3.39. The molecule has 5 nitrogen and oxygen atoms in total. The number of nitrogens with one attached hydrogen (secondary N) is 1. The number of benzene rings is 1. The number of nitrogens with zero attached hydrogens (tertiary/aromatic N) is 1. The maximum Gasteiger partial charge on any atom is 0.301 e. The van der Waals surface area contributed by atoms with E-state index in [-0.39, 0.29) is 5.78 Å². The summed E-state index contributed by atoms with van der Waals surface area (Å²) >= 11 is 0. The summed E-state index contributed by atoms with van der Waals surface area (Å²) in [4.78, 5) is 11.4. The van der Waals surface area contributed by atoms with E-state index in [9.17, 15) is 13.2 Å². The summed E-state index contributed by atoms with van der Waals surface area (Å²) in [6, 6.07) is 5.23. The Labute approximate surface area is 120 Å². The summed E-state index contributed by atoms with van der Waals surface area (Å²) < 4.78 is 28.5. The van der Waals surface area contributed by atoms with Gasteiger partial charge in [-0.15, -0.1) is 0 Å². The first-order valence-electron chi connectivity index (χ1n) is 6.87. The van der Waals surface area contributed by atoms with Gasteiger partial charge in [0.15, 0.2) is 5.78 Å². The smallest absolute Gasteiger partial charge is 0.295 e. The van der Waals surface area contributed by atoms with E-state index in [1.165, 1.54) is 11.2 Å². The Hall–Kier alpha value is -1.40. The number of fused-ring (bicyclic) bond motifs is 1. The third-order valence-corrected chi connectivity index (χ3v) is 4.92. The Morgan fingerprint density at radius 2 is 2.15 bits per heavy atom. The van der Waals surface area contributed by atoms with Crippen molar-refractivity contribution in [3.8, 4) is 0 Å². The van der Waals surface area contributed by atoms with Crippen LogP contribution >= 0.6 is 0 Å². The van der Waals surface area contributed by atoms with Crippen LogP contribution in [0.15, 0.2) is 18.2 Å². The van der Waals surface area contributed by atoms with Crippen molar-refractivity contribution in [2.45, 2.75) is 33.1 Å². The van der Waals surface area contributed by atoms with E-state index >= 15 is 0 Å². The summed E-state index contributed by atoms with van der Waals surface area (Å²) in [5, 5.41) is 0. The second kappa shape index (κ2) is 5.93. The molecule has 0 fully saturated rings. The van der Waals surface area contributed by atoms with E-state index in [1.807, 2.05) is 6.92 Å². The molecule has 0 saturated heterocycles. The molecule has 110 valence electrons. The average Bonchev–Trinajstić information content (AvgIpc) is 2.43. The van der Waals surface area contributed by atoms with Gasteiger partial charge in [-0.1, -0.05) is 6.92 Å². The molecule has 1 aliphatic rings. The lowest BCUT2D eigenvalue weighted by Gasteiger charge is -2.30. The molecule has 0 unspecified atom stereocenters. The average molecular weight is 296 g/mol. The predicted molar refractivity (Wildman–Crippen MR) is 79.3 cm³/mol. The van der Waals surface area contributed by atoms with Gasteiger partial charge < -0.3 is 0 Å². The van der Waals surface area contributed by atoms with Crippen molar-refractivity contribution in [3.63, 3.8) is 0 Å². The number of rotatable bonds is 5. The van der Waals surface area contributed by atoms with Gasteiger partial charge in [-0.3, -0.25) is 9.10 Å². The zero-order valence-corrected chi connectivity index (χ0v) is 12.7. The molecule has 0 saturated carbocycles. The third kappa shape index (κ3) is 3.02. The topological polar surface area (TPSA) is 66.5 Å². The first kappa shape index (κ1) is 15.0. The van der Waals surface area contributed by atoms with Crippen molar-refractivity contribution >= 4 is 21.7 Å². The van der Waals surface area contributed by atoms with Gasteiger partial charge in [0.05, 0.1) is 5.69 Å².